The third-order valence-electron chi connectivity index (χ3n) is 3.30. The molecule has 1 aromatic heterocycles. The van der Waals surface area contributed by atoms with E-state index >= 15 is 0 Å². The molecule has 0 aliphatic rings. The van der Waals surface area contributed by atoms with Crippen molar-refractivity contribution in [3.8, 4) is 0 Å². The minimum atomic E-state index is -0.327. The zero-order chi connectivity index (χ0) is 15.1. The number of rotatable bonds is 8. The molecule has 0 aliphatic carbocycles. The van der Waals surface area contributed by atoms with Crippen molar-refractivity contribution in [2.75, 3.05) is 27.2 Å². The van der Waals surface area contributed by atoms with Crippen LogP contribution >= 0.6 is 0 Å². The van der Waals surface area contributed by atoms with E-state index in [-0.39, 0.29) is 6.10 Å². The summed E-state index contributed by atoms with van der Waals surface area (Å²) in [4.78, 5) is 1.99. The van der Waals surface area contributed by atoms with E-state index in [4.69, 9.17) is 0 Å². The lowest BCUT2D eigenvalue weighted by Crippen LogP contribution is -2.34. The molecule has 1 heterocycles. The van der Waals surface area contributed by atoms with Gasteiger partial charge < -0.3 is 19.9 Å². The smallest absolute Gasteiger partial charge is 0.0791 e. The molecule has 0 bridgehead atoms. The van der Waals surface area contributed by atoms with Crippen molar-refractivity contribution in [2.24, 2.45) is 0 Å². The van der Waals surface area contributed by atoms with Gasteiger partial charge in [0, 0.05) is 38.6 Å². The first-order valence-electron chi connectivity index (χ1n) is 7.35. The van der Waals surface area contributed by atoms with Crippen LogP contribution in [0.1, 0.15) is 11.1 Å². The molecule has 4 nitrogen and oxygen atoms in total. The Labute approximate surface area is 127 Å². The first-order chi connectivity index (χ1) is 10.1. The van der Waals surface area contributed by atoms with Gasteiger partial charge in [-0.2, -0.15) is 0 Å². The van der Waals surface area contributed by atoms with Crippen LogP contribution in [0.15, 0.2) is 48.8 Å². The fourth-order valence-electron chi connectivity index (χ4n) is 2.36. The fourth-order valence-corrected chi connectivity index (χ4v) is 2.36. The molecule has 0 fully saturated rings. The summed E-state index contributed by atoms with van der Waals surface area (Å²) in [7, 11) is 3.93. The van der Waals surface area contributed by atoms with Gasteiger partial charge in [-0.25, -0.2) is 0 Å². The summed E-state index contributed by atoms with van der Waals surface area (Å²) in [5, 5.41) is 13.1. The van der Waals surface area contributed by atoms with Crippen molar-refractivity contribution >= 4 is 0 Å². The lowest BCUT2D eigenvalue weighted by atomic mass is 10.2. The predicted octanol–water partition coefficient (Wildman–Crippen LogP) is 1.55. The van der Waals surface area contributed by atoms with Crippen molar-refractivity contribution in [3.63, 3.8) is 0 Å². The van der Waals surface area contributed by atoms with Crippen molar-refractivity contribution in [3.05, 3.63) is 59.9 Å². The molecule has 1 atom stereocenters. The summed E-state index contributed by atoms with van der Waals surface area (Å²) >= 11 is 0. The van der Waals surface area contributed by atoms with Crippen molar-refractivity contribution < 1.29 is 5.11 Å². The van der Waals surface area contributed by atoms with Crippen LogP contribution in [-0.4, -0.2) is 47.9 Å². The van der Waals surface area contributed by atoms with Gasteiger partial charge in [0.05, 0.1) is 6.10 Å². The van der Waals surface area contributed by atoms with Gasteiger partial charge in [0.1, 0.15) is 0 Å². The molecule has 4 heteroatoms. The Hall–Kier alpha value is -1.62. The maximum Gasteiger partial charge on any atom is 0.0791 e. The number of nitrogens with one attached hydrogen (secondary N) is 1. The van der Waals surface area contributed by atoms with Crippen LogP contribution in [0.25, 0.3) is 0 Å². The Balaban J connectivity index is 1.76. The highest BCUT2D eigenvalue weighted by Crippen LogP contribution is 2.06. The van der Waals surface area contributed by atoms with E-state index in [0.29, 0.717) is 13.1 Å². The van der Waals surface area contributed by atoms with E-state index in [1.54, 1.807) is 0 Å². The highest BCUT2D eigenvalue weighted by Gasteiger charge is 2.05. The highest BCUT2D eigenvalue weighted by atomic mass is 16.3. The van der Waals surface area contributed by atoms with Gasteiger partial charge in [0.25, 0.3) is 0 Å². The summed E-state index contributed by atoms with van der Waals surface area (Å²) in [5.74, 6) is 0. The lowest BCUT2D eigenvalue weighted by Gasteiger charge is -2.16. The summed E-state index contributed by atoms with van der Waals surface area (Å²) in [6.07, 6.45) is 3.92. The van der Waals surface area contributed by atoms with Crippen LogP contribution in [-0.2, 0) is 13.1 Å². The van der Waals surface area contributed by atoms with E-state index in [0.717, 1.165) is 13.1 Å². The Bertz CT molecular complexity index is 522. The van der Waals surface area contributed by atoms with Gasteiger partial charge in [-0.3, -0.25) is 0 Å². The number of hydrogen-bond donors (Lipinski definition) is 2. The zero-order valence-electron chi connectivity index (χ0n) is 12.9. The molecule has 2 rings (SSSR count). The second-order valence-electron chi connectivity index (χ2n) is 5.72. The van der Waals surface area contributed by atoms with Gasteiger partial charge in [-0.05, 0) is 31.3 Å². The minimum absolute atomic E-state index is 0.327. The van der Waals surface area contributed by atoms with Gasteiger partial charge >= 0.3 is 0 Å². The largest absolute Gasteiger partial charge is 0.390 e. The molecule has 0 radical (unpaired) electrons. The van der Waals surface area contributed by atoms with Gasteiger partial charge in [-0.1, -0.05) is 30.3 Å². The molecule has 0 spiro atoms. The molecule has 1 aromatic carbocycles. The normalized spacial score (nSPS) is 12.8. The Morgan fingerprint density at radius 2 is 1.90 bits per heavy atom. The van der Waals surface area contributed by atoms with E-state index in [1.165, 1.54) is 11.1 Å². The quantitative estimate of drug-likeness (QED) is 0.774. The summed E-state index contributed by atoms with van der Waals surface area (Å²) < 4.78 is 2.18. The molecule has 2 N–H and O–H groups in total. The molecular weight excluding hydrogens is 262 g/mol. The number of aromatic nitrogens is 1. The SMILES string of the molecule is CN(C)CC(O)CNCc1ccn(Cc2ccccc2)c1. The number of hydrogen-bond acceptors (Lipinski definition) is 3. The zero-order valence-corrected chi connectivity index (χ0v) is 12.9. The van der Waals surface area contributed by atoms with Crippen molar-refractivity contribution in [1.82, 2.24) is 14.8 Å². The van der Waals surface area contributed by atoms with E-state index in [2.05, 4.69) is 52.6 Å². The standard InChI is InChI=1S/C17H25N3O/c1-19(2)14-17(21)11-18-10-16-8-9-20(13-16)12-15-6-4-3-5-7-15/h3-9,13,17-18,21H,10-12,14H2,1-2H3. The molecular formula is C17H25N3O. The van der Waals surface area contributed by atoms with Gasteiger partial charge in [0.15, 0.2) is 0 Å². The van der Waals surface area contributed by atoms with Crippen molar-refractivity contribution in [1.29, 1.82) is 0 Å². The number of likely N-dealkylation sites (N-methyl/N-ethyl adjacent to an activating group) is 1. The van der Waals surface area contributed by atoms with Crippen LogP contribution in [0.4, 0.5) is 0 Å². The van der Waals surface area contributed by atoms with Crippen LogP contribution in [0.5, 0.6) is 0 Å². The minimum Gasteiger partial charge on any atom is -0.390 e. The number of nitrogens with zero attached hydrogens (tertiary/aromatic N) is 2. The number of aliphatic hydroxyl groups is 1. The van der Waals surface area contributed by atoms with Crippen LogP contribution in [0, 0.1) is 0 Å². The van der Waals surface area contributed by atoms with E-state index in [1.807, 2.05) is 25.1 Å². The van der Waals surface area contributed by atoms with E-state index in [9.17, 15) is 5.11 Å². The molecule has 0 saturated carbocycles. The summed E-state index contributed by atoms with van der Waals surface area (Å²) in [6.45, 7) is 2.97. The lowest BCUT2D eigenvalue weighted by molar-refractivity contribution is 0.134. The molecule has 2 aromatic rings. The molecule has 0 saturated heterocycles. The third-order valence-corrected chi connectivity index (χ3v) is 3.30. The average Bonchev–Trinajstić information content (AvgIpc) is 2.86. The highest BCUT2D eigenvalue weighted by molar-refractivity contribution is 5.17. The van der Waals surface area contributed by atoms with E-state index < -0.39 is 0 Å². The summed E-state index contributed by atoms with van der Waals surface area (Å²) in [5.41, 5.74) is 2.54. The topological polar surface area (TPSA) is 40.4 Å². The second kappa shape index (κ2) is 7.98. The second-order valence-corrected chi connectivity index (χ2v) is 5.72. The first-order valence-corrected chi connectivity index (χ1v) is 7.35. The average molecular weight is 287 g/mol. The molecule has 21 heavy (non-hydrogen) atoms. The first kappa shape index (κ1) is 15.8. The van der Waals surface area contributed by atoms with Gasteiger partial charge in [-0.15, -0.1) is 0 Å². The summed E-state index contributed by atoms with van der Waals surface area (Å²) in [6, 6.07) is 12.5. The monoisotopic (exact) mass is 287 g/mol. The molecule has 0 amide bonds. The third kappa shape index (κ3) is 5.71. The number of aliphatic hydroxyl groups excluding tert-OH is 1. The molecule has 114 valence electrons. The Morgan fingerprint density at radius 1 is 1.14 bits per heavy atom. The van der Waals surface area contributed by atoms with Crippen LogP contribution in [0.3, 0.4) is 0 Å². The molecule has 0 aliphatic heterocycles. The Morgan fingerprint density at radius 3 is 2.62 bits per heavy atom. The van der Waals surface area contributed by atoms with Crippen molar-refractivity contribution in [2.45, 2.75) is 19.2 Å². The maximum atomic E-state index is 9.79. The van der Waals surface area contributed by atoms with Crippen LogP contribution in [0.2, 0.25) is 0 Å². The predicted molar refractivity (Wildman–Crippen MR) is 86.2 cm³/mol. The van der Waals surface area contributed by atoms with Gasteiger partial charge in [0.2, 0.25) is 0 Å². The fraction of sp³-hybridized carbons (Fsp3) is 0.412. The molecule has 1 unspecified atom stereocenters. The Kier molecular flexibility index (Phi) is 5.99. The maximum absolute atomic E-state index is 9.79. The number of benzene rings is 1. The van der Waals surface area contributed by atoms with Crippen LogP contribution < -0.4 is 5.32 Å².